The first-order valence-corrected chi connectivity index (χ1v) is 11.7. The number of aromatic nitrogens is 2. The summed E-state index contributed by atoms with van der Waals surface area (Å²) in [6, 6.07) is 6.93. The summed E-state index contributed by atoms with van der Waals surface area (Å²) in [4.78, 5) is 32.7. The summed E-state index contributed by atoms with van der Waals surface area (Å²) < 4.78 is 6.81. The van der Waals surface area contributed by atoms with Gasteiger partial charge in [-0.2, -0.15) is 0 Å². The molecule has 2 heterocycles. The van der Waals surface area contributed by atoms with Gasteiger partial charge in [-0.1, -0.05) is 45.0 Å². The maximum Gasteiger partial charge on any atom is 0.269 e. The van der Waals surface area contributed by atoms with Crippen molar-refractivity contribution in [2.45, 2.75) is 42.6 Å². The van der Waals surface area contributed by atoms with Crippen LogP contribution in [0.1, 0.15) is 53.4 Å². The van der Waals surface area contributed by atoms with Crippen molar-refractivity contribution in [2.24, 2.45) is 0 Å². The Kier molecular flexibility index (Phi) is 7.65. The van der Waals surface area contributed by atoms with Gasteiger partial charge in [-0.3, -0.25) is 14.8 Å². The Morgan fingerprint density at radius 1 is 1.19 bits per heavy atom. The van der Waals surface area contributed by atoms with Crippen molar-refractivity contribution in [3.63, 3.8) is 0 Å². The molecule has 0 saturated carbocycles. The number of hydrogen-bond donors (Lipinski definition) is 1. The number of benzene rings is 1. The number of thioether (sulfide) groups is 1. The lowest BCUT2D eigenvalue weighted by Gasteiger charge is -2.12. The predicted molar refractivity (Wildman–Crippen MR) is 125 cm³/mol. The molecule has 32 heavy (non-hydrogen) atoms. The summed E-state index contributed by atoms with van der Waals surface area (Å²) in [6.07, 6.45) is 6.60. The van der Waals surface area contributed by atoms with Gasteiger partial charge in [0.1, 0.15) is 10.8 Å². The average molecular weight is 472 g/mol. The first kappa shape index (κ1) is 23.9. The normalized spacial score (nSPS) is 11.8. The molecule has 3 rings (SSSR count). The summed E-state index contributed by atoms with van der Waals surface area (Å²) in [5.41, 5.74) is 1.26. The highest BCUT2D eigenvalue weighted by Crippen LogP contribution is 2.30. The lowest BCUT2D eigenvalue weighted by molar-refractivity contribution is -0.153. The molecule has 0 fully saturated rings. The highest BCUT2D eigenvalue weighted by atomic mass is 32.2. The van der Waals surface area contributed by atoms with Gasteiger partial charge in [-0.05, 0) is 11.6 Å². The fraction of sp³-hybridized carbons (Fsp3) is 0.304. The van der Waals surface area contributed by atoms with E-state index in [1.165, 1.54) is 24.5 Å². The fourth-order valence-corrected chi connectivity index (χ4v) is 4.47. The highest BCUT2D eigenvalue weighted by Gasteiger charge is 2.19. The number of nitrogens with zero attached hydrogens (tertiary/aromatic N) is 3. The predicted octanol–water partition coefficient (Wildman–Crippen LogP) is 5.01. The Hall–Kier alpha value is -2.75. The van der Waals surface area contributed by atoms with E-state index in [9.17, 15) is 9.59 Å². The summed E-state index contributed by atoms with van der Waals surface area (Å²) in [5.74, 6) is 1.58. The van der Waals surface area contributed by atoms with Crippen molar-refractivity contribution in [2.75, 3.05) is 7.05 Å². The van der Waals surface area contributed by atoms with Crippen molar-refractivity contribution in [3.05, 3.63) is 70.5 Å². The monoisotopic (exact) mass is 471 g/mol. The second-order valence-corrected chi connectivity index (χ2v) is 10.5. The first-order valence-electron chi connectivity index (χ1n) is 9.92. The molecule has 7 nitrogen and oxygen atoms in total. The van der Waals surface area contributed by atoms with Crippen LogP contribution in [-0.4, -0.2) is 39.0 Å². The van der Waals surface area contributed by atoms with E-state index < -0.39 is 5.91 Å². The number of likely N-dealkylation sites (N-methyl/N-ethyl adjacent to an activating group) is 1. The third kappa shape index (κ3) is 6.62. The summed E-state index contributed by atoms with van der Waals surface area (Å²) in [5, 5.41) is 10.3. The first-order chi connectivity index (χ1) is 15.1. The molecule has 1 aromatic carbocycles. The Bertz CT molecular complexity index is 1110. The Morgan fingerprint density at radius 3 is 2.53 bits per heavy atom. The van der Waals surface area contributed by atoms with Gasteiger partial charge in [0, 0.05) is 24.1 Å². The van der Waals surface area contributed by atoms with Crippen LogP contribution in [0.5, 0.6) is 0 Å². The zero-order valence-corrected chi connectivity index (χ0v) is 20.0. The smallest absolute Gasteiger partial charge is 0.269 e. The van der Waals surface area contributed by atoms with Crippen LogP contribution in [0.25, 0.3) is 6.08 Å². The average Bonchev–Trinajstić information content (AvgIpc) is 3.40. The van der Waals surface area contributed by atoms with Gasteiger partial charge in [-0.25, -0.2) is 15.0 Å². The minimum absolute atomic E-state index is 0.0277. The molecule has 0 atom stereocenters. The van der Waals surface area contributed by atoms with Gasteiger partial charge in [0.25, 0.3) is 5.91 Å². The van der Waals surface area contributed by atoms with E-state index in [2.05, 4.69) is 30.7 Å². The molecule has 0 radical (unpaired) electrons. The van der Waals surface area contributed by atoms with Crippen LogP contribution in [0.2, 0.25) is 0 Å². The van der Waals surface area contributed by atoms with E-state index in [4.69, 9.17) is 9.62 Å². The molecule has 0 aliphatic rings. The lowest BCUT2D eigenvalue weighted by atomic mass is 9.94. The quantitative estimate of drug-likeness (QED) is 0.162. The van der Waals surface area contributed by atoms with Crippen LogP contribution in [0.3, 0.4) is 0 Å². The van der Waals surface area contributed by atoms with Crippen LogP contribution in [0.15, 0.2) is 51.4 Å². The lowest BCUT2D eigenvalue weighted by Crippen LogP contribution is -2.19. The summed E-state index contributed by atoms with van der Waals surface area (Å²) in [6.45, 7) is 6.24. The van der Waals surface area contributed by atoms with Crippen molar-refractivity contribution in [1.29, 1.82) is 0 Å². The Balaban J connectivity index is 1.54. The van der Waals surface area contributed by atoms with Crippen molar-refractivity contribution in [3.8, 4) is 0 Å². The highest BCUT2D eigenvalue weighted by molar-refractivity contribution is 8.00. The number of hydrogen-bond acceptors (Lipinski definition) is 8. The van der Waals surface area contributed by atoms with Crippen molar-refractivity contribution >= 4 is 40.9 Å². The standard InChI is InChI=1S/C23H25N3O4S2/c1-23(2,3)18-12-24-19(30-18)14-31-22-13-25-20(32-22)11-17(27)16-8-5-15(6-9-16)7-10-21(28)26(4)29/h5-10,12-13,29H,11,14H2,1-4H3/b10-7+. The molecule has 0 spiro atoms. The van der Waals surface area contributed by atoms with E-state index in [0.717, 1.165) is 20.5 Å². The van der Waals surface area contributed by atoms with Gasteiger partial charge in [-0.15, -0.1) is 23.1 Å². The molecule has 0 aliphatic heterocycles. The largest absolute Gasteiger partial charge is 0.444 e. The van der Waals surface area contributed by atoms with Gasteiger partial charge in [0.2, 0.25) is 5.89 Å². The number of rotatable bonds is 8. The third-order valence-electron chi connectivity index (χ3n) is 4.44. The van der Waals surface area contributed by atoms with Crippen LogP contribution in [0.4, 0.5) is 0 Å². The van der Waals surface area contributed by atoms with Crippen LogP contribution >= 0.6 is 23.1 Å². The van der Waals surface area contributed by atoms with Crippen molar-refractivity contribution < 1.29 is 19.2 Å². The second kappa shape index (κ2) is 10.2. The van der Waals surface area contributed by atoms with E-state index in [1.54, 1.807) is 54.5 Å². The molecule has 2 aromatic heterocycles. The van der Waals surface area contributed by atoms with Crippen LogP contribution in [0, 0.1) is 0 Å². The van der Waals surface area contributed by atoms with Gasteiger partial charge < -0.3 is 4.42 Å². The summed E-state index contributed by atoms with van der Waals surface area (Å²) >= 11 is 3.07. The summed E-state index contributed by atoms with van der Waals surface area (Å²) in [7, 11) is 1.26. The SMILES string of the molecule is CN(O)C(=O)/C=C/c1ccc(C(=O)Cc2ncc(SCc3ncc(C(C)(C)C)o3)s2)cc1. The molecule has 1 amide bonds. The molecule has 9 heteroatoms. The second-order valence-electron chi connectivity index (χ2n) is 8.15. The number of carbonyl (C=O) groups is 2. The molecule has 0 aliphatic carbocycles. The minimum atomic E-state index is -0.528. The maximum atomic E-state index is 12.6. The molecule has 168 valence electrons. The topological polar surface area (TPSA) is 96.5 Å². The molecule has 0 unspecified atom stereocenters. The van der Waals surface area contributed by atoms with E-state index >= 15 is 0 Å². The maximum absolute atomic E-state index is 12.6. The number of ketones is 1. The molecule has 0 bridgehead atoms. The van der Waals surface area contributed by atoms with E-state index in [0.29, 0.717) is 22.3 Å². The molecule has 3 aromatic rings. The zero-order chi connectivity index (χ0) is 23.3. The Morgan fingerprint density at radius 2 is 1.91 bits per heavy atom. The molecular formula is C23H25N3O4S2. The van der Waals surface area contributed by atoms with Gasteiger partial charge in [0.15, 0.2) is 5.78 Å². The number of thiazole rings is 1. The number of carbonyl (C=O) groups excluding carboxylic acids is 2. The van der Waals surface area contributed by atoms with Crippen LogP contribution in [-0.2, 0) is 22.4 Å². The Labute approximate surface area is 195 Å². The van der Waals surface area contributed by atoms with Gasteiger partial charge in [0.05, 0.1) is 28.8 Å². The van der Waals surface area contributed by atoms with E-state index in [-0.39, 0.29) is 17.6 Å². The third-order valence-corrected chi connectivity index (χ3v) is 6.62. The number of hydroxylamine groups is 2. The minimum Gasteiger partial charge on any atom is -0.444 e. The number of oxazole rings is 1. The van der Waals surface area contributed by atoms with Gasteiger partial charge >= 0.3 is 0 Å². The molecule has 0 saturated heterocycles. The fourth-order valence-electron chi connectivity index (χ4n) is 2.59. The number of Topliss-reactive ketones (excluding diaryl/α,β-unsaturated/α-hetero) is 1. The molecule has 1 N–H and O–H groups in total. The number of amides is 1. The van der Waals surface area contributed by atoms with Crippen LogP contribution < -0.4 is 0 Å². The zero-order valence-electron chi connectivity index (χ0n) is 18.4. The van der Waals surface area contributed by atoms with E-state index in [1.807, 2.05) is 0 Å². The molecular weight excluding hydrogens is 446 g/mol. The van der Waals surface area contributed by atoms with Crippen molar-refractivity contribution in [1.82, 2.24) is 15.0 Å².